The number of ether oxygens (including phenoxy) is 1. The Bertz CT molecular complexity index is 1280. The van der Waals surface area contributed by atoms with E-state index in [0.29, 0.717) is 22.0 Å². The molecule has 2 aromatic carbocycles. The maximum Gasteiger partial charge on any atom is 0.293 e. The molecule has 3 amide bonds. The summed E-state index contributed by atoms with van der Waals surface area (Å²) in [6.07, 6.45) is 1.71. The van der Waals surface area contributed by atoms with Crippen molar-refractivity contribution in [2.45, 2.75) is 27.4 Å². The maximum absolute atomic E-state index is 12.7. The third-order valence-electron chi connectivity index (χ3n) is 5.53. The fraction of sp³-hybridized carbons (Fsp3) is 0.231. The third kappa shape index (κ3) is 5.81. The van der Waals surface area contributed by atoms with E-state index >= 15 is 0 Å². The maximum atomic E-state index is 12.7. The van der Waals surface area contributed by atoms with Gasteiger partial charge in [-0.15, -0.1) is 0 Å². The predicted molar refractivity (Wildman–Crippen MR) is 133 cm³/mol. The average molecular weight is 492 g/mol. The van der Waals surface area contributed by atoms with Crippen molar-refractivity contribution < 1.29 is 23.6 Å². The number of nitrogens with one attached hydrogen (secondary N) is 1. The summed E-state index contributed by atoms with van der Waals surface area (Å²) in [6.45, 7) is 6.15. The fourth-order valence-electron chi connectivity index (χ4n) is 3.48. The van der Waals surface area contributed by atoms with E-state index < -0.39 is 0 Å². The zero-order valence-electron chi connectivity index (χ0n) is 19.7. The lowest BCUT2D eigenvalue weighted by Gasteiger charge is -2.13. The number of imide groups is 1. The van der Waals surface area contributed by atoms with Crippen molar-refractivity contribution in [3.63, 3.8) is 0 Å². The van der Waals surface area contributed by atoms with Gasteiger partial charge in [-0.1, -0.05) is 41.1 Å². The SMILES string of the molecule is Cc1ccc(/C=C2\SC(=O)N(CCNC(=O)c3cccc(OCc4c(C)noc4C)c3)C2=O)cc1. The second-order valence-corrected chi connectivity index (χ2v) is 9.11. The van der Waals surface area contributed by atoms with Crippen LogP contribution in [0.3, 0.4) is 0 Å². The first-order valence-electron chi connectivity index (χ1n) is 11.1. The molecular weight excluding hydrogens is 466 g/mol. The van der Waals surface area contributed by atoms with Gasteiger partial charge in [0.1, 0.15) is 18.1 Å². The average Bonchev–Trinajstić information content (AvgIpc) is 3.31. The highest BCUT2D eigenvalue weighted by Crippen LogP contribution is 2.32. The third-order valence-corrected chi connectivity index (χ3v) is 6.44. The molecule has 180 valence electrons. The van der Waals surface area contributed by atoms with Gasteiger partial charge in [0, 0.05) is 18.7 Å². The minimum absolute atomic E-state index is 0.0872. The van der Waals surface area contributed by atoms with Crippen molar-refractivity contribution in [3.8, 4) is 5.75 Å². The molecule has 0 radical (unpaired) electrons. The molecule has 0 saturated carbocycles. The van der Waals surface area contributed by atoms with Crippen molar-refractivity contribution in [2.75, 3.05) is 13.1 Å². The standard InChI is InChI=1S/C26H25N3O5S/c1-16-7-9-19(10-8-16)13-23-25(31)29(26(32)35-23)12-11-27-24(30)20-5-4-6-21(14-20)33-15-22-17(2)28-34-18(22)3/h4-10,13-14H,11-12,15H2,1-3H3,(H,27,30)/b23-13-. The molecular formula is C26H25N3O5S. The van der Waals surface area contributed by atoms with Crippen LogP contribution in [0.1, 0.15) is 38.5 Å². The summed E-state index contributed by atoms with van der Waals surface area (Å²) >= 11 is 0.902. The number of rotatable bonds is 8. The van der Waals surface area contributed by atoms with Crippen LogP contribution in [0.2, 0.25) is 0 Å². The fourth-order valence-corrected chi connectivity index (χ4v) is 4.35. The summed E-state index contributed by atoms with van der Waals surface area (Å²) in [5.74, 6) is 0.543. The Balaban J connectivity index is 1.31. The van der Waals surface area contributed by atoms with Crippen LogP contribution in [0.4, 0.5) is 4.79 Å². The van der Waals surface area contributed by atoms with Crippen LogP contribution in [0.15, 0.2) is 58.0 Å². The molecule has 0 atom stereocenters. The molecule has 35 heavy (non-hydrogen) atoms. The quantitative estimate of drug-likeness (QED) is 0.458. The molecule has 0 aliphatic carbocycles. The molecule has 2 heterocycles. The van der Waals surface area contributed by atoms with Crippen LogP contribution in [-0.4, -0.2) is 40.2 Å². The topological polar surface area (TPSA) is 102 Å². The molecule has 0 unspecified atom stereocenters. The molecule has 1 fully saturated rings. The second kappa shape index (κ2) is 10.6. The smallest absolute Gasteiger partial charge is 0.293 e. The first-order chi connectivity index (χ1) is 16.8. The number of aromatic nitrogens is 1. The summed E-state index contributed by atoms with van der Waals surface area (Å²) in [4.78, 5) is 39.1. The highest BCUT2D eigenvalue weighted by molar-refractivity contribution is 8.18. The zero-order chi connectivity index (χ0) is 24.9. The number of carbonyl (C=O) groups is 3. The van der Waals surface area contributed by atoms with Crippen molar-refractivity contribution in [3.05, 3.63) is 87.1 Å². The van der Waals surface area contributed by atoms with Gasteiger partial charge in [-0.05, 0) is 62.4 Å². The highest BCUT2D eigenvalue weighted by Gasteiger charge is 2.34. The van der Waals surface area contributed by atoms with E-state index in [2.05, 4.69) is 10.5 Å². The minimum Gasteiger partial charge on any atom is -0.489 e. The van der Waals surface area contributed by atoms with Gasteiger partial charge in [-0.25, -0.2) is 0 Å². The van der Waals surface area contributed by atoms with Gasteiger partial charge < -0.3 is 14.6 Å². The van der Waals surface area contributed by atoms with Crippen LogP contribution >= 0.6 is 11.8 Å². The molecule has 9 heteroatoms. The molecule has 1 aliphatic heterocycles. The summed E-state index contributed by atoms with van der Waals surface area (Å²) < 4.78 is 10.9. The Morgan fingerprint density at radius 3 is 2.63 bits per heavy atom. The molecule has 0 spiro atoms. The van der Waals surface area contributed by atoms with Gasteiger partial charge in [-0.2, -0.15) is 0 Å². The van der Waals surface area contributed by atoms with Gasteiger partial charge in [0.2, 0.25) is 0 Å². The largest absolute Gasteiger partial charge is 0.489 e. The van der Waals surface area contributed by atoms with Crippen molar-refractivity contribution >= 4 is 34.9 Å². The highest BCUT2D eigenvalue weighted by atomic mass is 32.2. The molecule has 1 N–H and O–H groups in total. The van der Waals surface area contributed by atoms with Crippen molar-refractivity contribution in [1.82, 2.24) is 15.4 Å². The van der Waals surface area contributed by atoms with E-state index in [-0.39, 0.29) is 36.7 Å². The molecule has 1 aliphatic rings. The Kier molecular flexibility index (Phi) is 7.36. The molecule has 1 aromatic heterocycles. The van der Waals surface area contributed by atoms with Crippen LogP contribution in [-0.2, 0) is 11.4 Å². The number of aryl methyl sites for hydroxylation is 3. The summed E-state index contributed by atoms with van der Waals surface area (Å²) in [5, 5.41) is 6.31. The zero-order valence-corrected chi connectivity index (χ0v) is 20.5. The van der Waals surface area contributed by atoms with E-state index in [9.17, 15) is 14.4 Å². The van der Waals surface area contributed by atoms with E-state index in [1.807, 2.05) is 45.0 Å². The normalized spacial score (nSPS) is 14.6. The van der Waals surface area contributed by atoms with E-state index in [0.717, 1.165) is 39.0 Å². The molecule has 1 saturated heterocycles. The lowest BCUT2D eigenvalue weighted by molar-refractivity contribution is -0.122. The number of benzene rings is 2. The number of hydrogen-bond acceptors (Lipinski definition) is 7. The van der Waals surface area contributed by atoms with E-state index in [4.69, 9.17) is 9.26 Å². The van der Waals surface area contributed by atoms with Gasteiger partial charge >= 0.3 is 0 Å². The van der Waals surface area contributed by atoms with E-state index in [1.54, 1.807) is 30.3 Å². The Morgan fingerprint density at radius 1 is 1.14 bits per heavy atom. The summed E-state index contributed by atoms with van der Waals surface area (Å²) in [5.41, 5.74) is 4.01. The summed E-state index contributed by atoms with van der Waals surface area (Å²) in [7, 11) is 0. The second-order valence-electron chi connectivity index (χ2n) is 8.12. The minimum atomic E-state index is -0.357. The van der Waals surface area contributed by atoms with Crippen LogP contribution in [0.5, 0.6) is 5.75 Å². The van der Waals surface area contributed by atoms with Gasteiger partial charge in [-0.3, -0.25) is 19.3 Å². The van der Waals surface area contributed by atoms with Gasteiger partial charge in [0.15, 0.2) is 0 Å². The first kappa shape index (κ1) is 24.3. The number of nitrogens with zero attached hydrogens (tertiary/aromatic N) is 2. The summed E-state index contributed by atoms with van der Waals surface area (Å²) in [6, 6.07) is 14.5. The number of carbonyl (C=O) groups excluding carboxylic acids is 3. The van der Waals surface area contributed by atoms with Gasteiger partial charge in [0.25, 0.3) is 17.1 Å². The Morgan fingerprint density at radius 2 is 1.91 bits per heavy atom. The molecule has 3 aromatic rings. The van der Waals surface area contributed by atoms with Crippen molar-refractivity contribution in [1.29, 1.82) is 0 Å². The Labute approximate surface area is 207 Å². The van der Waals surface area contributed by atoms with Crippen LogP contribution in [0.25, 0.3) is 6.08 Å². The van der Waals surface area contributed by atoms with Crippen molar-refractivity contribution in [2.24, 2.45) is 0 Å². The lowest BCUT2D eigenvalue weighted by Crippen LogP contribution is -2.37. The Hall–Kier alpha value is -3.85. The predicted octanol–water partition coefficient (Wildman–Crippen LogP) is 4.65. The monoisotopic (exact) mass is 491 g/mol. The molecule has 4 rings (SSSR count). The van der Waals surface area contributed by atoms with Gasteiger partial charge in [0.05, 0.1) is 16.2 Å². The van der Waals surface area contributed by atoms with E-state index in [1.165, 1.54) is 0 Å². The van der Waals surface area contributed by atoms with Crippen LogP contribution < -0.4 is 10.1 Å². The number of thioether (sulfide) groups is 1. The first-order valence-corrected chi connectivity index (χ1v) is 11.9. The molecule has 0 bridgehead atoms. The number of amides is 3. The lowest BCUT2D eigenvalue weighted by atomic mass is 10.1. The molecule has 8 nitrogen and oxygen atoms in total. The number of hydrogen-bond donors (Lipinski definition) is 1. The van der Waals surface area contributed by atoms with Crippen LogP contribution in [0, 0.1) is 20.8 Å².